The number of pyridine rings is 1. The first-order valence-electron chi connectivity index (χ1n) is 5.61. The van der Waals surface area contributed by atoms with E-state index >= 15 is 0 Å². The van der Waals surface area contributed by atoms with Gasteiger partial charge in [0.1, 0.15) is 10.7 Å². The molecule has 0 saturated carbocycles. The van der Waals surface area contributed by atoms with E-state index in [0.29, 0.717) is 5.69 Å². The molecule has 0 bridgehead atoms. The zero-order chi connectivity index (χ0) is 15.8. The topological polar surface area (TPSA) is 85.1 Å². The smallest absolute Gasteiger partial charge is 0.264 e. The number of aryl methyl sites for hydroxylation is 1. The molecule has 5 nitrogen and oxygen atoms in total. The summed E-state index contributed by atoms with van der Waals surface area (Å²) >= 11 is 12.3. The van der Waals surface area contributed by atoms with Crippen molar-refractivity contribution in [2.24, 2.45) is 0 Å². The molecule has 0 spiro atoms. The largest absolute Gasteiger partial charge is 0.398 e. The first-order valence-corrected chi connectivity index (χ1v) is 9.06. The van der Waals surface area contributed by atoms with Crippen LogP contribution in [0.1, 0.15) is 5.69 Å². The average Bonchev–Trinajstić information content (AvgIpc) is 2.37. The van der Waals surface area contributed by atoms with Gasteiger partial charge >= 0.3 is 0 Å². The maximum absolute atomic E-state index is 12.4. The Hall–Kier alpha value is -0.830. The Kier molecular flexibility index (Phi) is 4.82. The highest BCUT2D eigenvalue weighted by molar-refractivity contribution is 9.11. The summed E-state index contributed by atoms with van der Waals surface area (Å²) in [6.45, 7) is 1.76. The van der Waals surface area contributed by atoms with Crippen LogP contribution in [0, 0.1) is 6.92 Å². The van der Waals surface area contributed by atoms with Crippen LogP contribution in [0.5, 0.6) is 0 Å². The minimum atomic E-state index is -3.86. The number of benzene rings is 1. The number of hydrogen-bond acceptors (Lipinski definition) is 4. The van der Waals surface area contributed by atoms with Gasteiger partial charge in [-0.25, -0.2) is 13.4 Å². The van der Waals surface area contributed by atoms with Crippen molar-refractivity contribution < 1.29 is 8.42 Å². The van der Waals surface area contributed by atoms with E-state index in [1.54, 1.807) is 19.1 Å². The third kappa shape index (κ3) is 3.68. The molecule has 1 aromatic heterocycles. The molecule has 1 heterocycles. The molecule has 112 valence electrons. The molecule has 0 aliphatic heterocycles. The van der Waals surface area contributed by atoms with Crippen LogP contribution < -0.4 is 10.5 Å². The van der Waals surface area contributed by atoms with Crippen molar-refractivity contribution in [3.63, 3.8) is 0 Å². The molecule has 21 heavy (non-hydrogen) atoms. The number of nitrogen functional groups attached to an aromatic ring is 1. The van der Waals surface area contributed by atoms with Crippen LogP contribution in [-0.2, 0) is 10.0 Å². The Balaban J connectivity index is 2.45. The number of anilines is 2. The lowest BCUT2D eigenvalue weighted by atomic mass is 10.3. The quantitative estimate of drug-likeness (QED) is 0.687. The summed E-state index contributed by atoms with van der Waals surface area (Å²) < 4.78 is 28.3. The Morgan fingerprint density at radius 2 is 1.95 bits per heavy atom. The van der Waals surface area contributed by atoms with E-state index in [9.17, 15) is 8.42 Å². The predicted molar refractivity (Wildman–Crippen MR) is 91.0 cm³/mol. The molecule has 1 aromatic carbocycles. The molecule has 0 fully saturated rings. The van der Waals surface area contributed by atoms with Crippen molar-refractivity contribution in [3.8, 4) is 0 Å². The van der Waals surface area contributed by atoms with Crippen molar-refractivity contribution in [1.29, 1.82) is 0 Å². The number of nitrogens with two attached hydrogens (primary N) is 1. The fourth-order valence-corrected chi connectivity index (χ4v) is 4.09. The summed E-state index contributed by atoms with van der Waals surface area (Å²) in [4.78, 5) is 4.09. The molecule has 0 atom stereocenters. The summed E-state index contributed by atoms with van der Waals surface area (Å²) in [6, 6.07) is 6.04. The predicted octanol–water partition coefficient (Wildman–Crippen LogP) is 3.95. The maximum atomic E-state index is 12.4. The summed E-state index contributed by atoms with van der Waals surface area (Å²) in [5, 5.41) is 0.232. The zero-order valence-corrected chi connectivity index (χ0v) is 15.4. The normalized spacial score (nSPS) is 11.4. The second-order valence-electron chi connectivity index (χ2n) is 4.18. The summed E-state index contributed by atoms with van der Waals surface area (Å²) in [6.07, 6.45) is 0. The zero-order valence-electron chi connectivity index (χ0n) is 10.7. The number of nitrogens with zero attached hydrogens (tertiary/aromatic N) is 1. The summed E-state index contributed by atoms with van der Waals surface area (Å²) in [5.74, 6) is 0.209. The second-order valence-corrected chi connectivity index (χ2v) is 7.91. The Morgan fingerprint density at radius 3 is 2.57 bits per heavy atom. The molecule has 0 aliphatic carbocycles. The number of rotatable bonds is 3. The minimum Gasteiger partial charge on any atom is -0.398 e. The lowest BCUT2D eigenvalue weighted by molar-refractivity contribution is 0.600. The SMILES string of the molecule is Cc1nc(NS(=O)(=O)c2cc(Cl)cc(N)c2Br)ccc1Br. The van der Waals surface area contributed by atoms with E-state index in [2.05, 4.69) is 41.6 Å². The lowest BCUT2D eigenvalue weighted by Gasteiger charge is -2.11. The first-order chi connectivity index (χ1) is 9.70. The summed E-state index contributed by atoms with van der Waals surface area (Å²) in [5.41, 5.74) is 6.62. The molecule has 9 heteroatoms. The molecular weight excluding hydrogens is 445 g/mol. The highest BCUT2D eigenvalue weighted by atomic mass is 79.9. The number of hydrogen-bond donors (Lipinski definition) is 2. The number of halogens is 3. The highest BCUT2D eigenvalue weighted by Crippen LogP contribution is 2.32. The van der Waals surface area contributed by atoms with Gasteiger partial charge in [0, 0.05) is 15.2 Å². The fourth-order valence-electron chi connectivity index (χ4n) is 1.57. The van der Waals surface area contributed by atoms with Crippen molar-refractivity contribution in [1.82, 2.24) is 4.98 Å². The molecule has 3 N–H and O–H groups in total. The van der Waals surface area contributed by atoms with E-state index in [4.69, 9.17) is 17.3 Å². The Morgan fingerprint density at radius 1 is 1.29 bits per heavy atom. The highest BCUT2D eigenvalue weighted by Gasteiger charge is 2.21. The van der Waals surface area contributed by atoms with Gasteiger partial charge in [-0.3, -0.25) is 4.72 Å². The van der Waals surface area contributed by atoms with E-state index < -0.39 is 10.0 Å². The second kappa shape index (κ2) is 6.12. The number of nitrogens with one attached hydrogen (secondary N) is 1. The molecule has 0 unspecified atom stereocenters. The van der Waals surface area contributed by atoms with Gasteiger partial charge in [-0.2, -0.15) is 0 Å². The first kappa shape index (κ1) is 16.5. The van der Waals surface area contributed by atoms with Crippen LogP contribution in [0.3, 0.4) is 0 Å². The van der Waals surface area contributed by atoms with Gasteiger partial charge in [0.05, 0.1) is 10.2 Å². The third-order valence-electron chi connectivity index (χ3n) is 2.58. The molecular formula is C12H10Br2ClN3O2S. The van der Waals surface area contributed by atoms with Crippen LogP contribution in [-0.4, -0.2) is 13.4 Å². The standard InChI is InChI=1S/C12H10Br2ClN3O2S/c1-6-8(13)2-3-11(17-6)18-21(19,20)10-5-7(15)4-9(16)12(10)14/h2-5H,16H2,1H3,(H,17,18). The van der Waals surface area contributed by atoms with Crippen LogP contribution in [0.2, 0.25) is 5.02 Å². The van der Waals surface area contributed by atoms with Gasteiger partial charge in [-0.1, -0.05) is 11.6 Å². The monoisotopic (exact) mass is 453 g/mol. The van der Waals surface area contributed by atoms with E-state index in [-0.39, 0.29) is 25.9 Å². The minimum absolute atomic E-state index is 0.0464. The molecule has 0 radical (unpaired) electrons. The van der Waals surface area contributed by atoms with Crippen LogP contribution in [0.4, 0.5) is 11.5 Å². The third-order valence-corrected chi connectivity index (χ3v) is 6.16. The number of sulfonamides is 1. The molecule has 2 rings (SSSR count). The van der Waals surface area contributed by atoms with Gasteiger partial charge in [0.25, 0.3) is 10.0 Å². The lowest BCUT2D eigenvalue weighted by Crippen LogP contribution is -2.15. The van der Waals surface area contributed by atoms with Gasteiger partial charge in [-0.15, -0.1) is 0 Å². The van der Waals surface area contributed by atoms with Crippen LogP contribution in [0.15, 0.2) is 38.1 Å². The van der Waals surface area contributed by atoms with Gasteiger partial charge in [0.2, 0.25) is 0 Å². The van der Waals surface area contributed by atoms with Crippen molar-refractivity contribution in [2.75, 3.05) is 10.5 Å². The summed E-state index contributed by atoms with van der Waals surface area (Å²) in [7, 11) is -3.86. The maximum Gasteiger partial charge on any atom is 0.264 e. The van der Waals surface area contributed by atoms with Gasteiger partial charge in [0.15, 0.2) is 0 Å². The van der Waals surface area contributed by atoms with E-state index in [1.807, 2.05) is 0 Å². The molecule has 0 saturated heterocycles. The van der Waals surface area contributed by atoms with Crippen molar-refractivity contribution >= 4 is 65.0 Å². The van der Waals surface area contributed by atoms with Crippen LogP contribution in [0.25, 0.3) is 0 Å². The van der Waals surface area contributed by atoms with Crippen molar-refractivity contribution in [2.45, 2.75) is 11.8 Å². The molecule has 2 aromatic rings. The molecule has 0 amide bonds. The van der Waals surface area contributed by atoms with Gasteiger partial charge in [-0.05, 0) is 63.0 Å². The van der Waals surface area contributed by atoms with E-state index in [0.717, 1.165) is 4.47 Å². The molecule has 0 aliphatic rings. The van der Waals surface area contributed by atoms with Gasteiger partial charge < -0.3 is 5.73 Å². The number of aromatic nitrogens is 1. The Labute approximate surface area is 144 Å². The van der Waals surface area contributed by atoms with E-state index in [1.165, 1.54) is 12.1 Å². The van der Waals surface area contributed by atoms with Crippen LogP contribution >= 0.6 is 43.5 Å². The van der Waals surface area contributed by atoms with Crippen molar-refractivity contribution in [3.05, 3.63) is 43.9 Å². The fraction of sp³-hybridized carbons (Fsp3) is 0.0833. The average molecular weight is 456 g/mol. The Bertz CT molecular complexity index is 812.